The number of methoxy groups -OCH3 is 1. The van der Waals surface area contributed by atoms with Gasteiger partial charge in [0.15, 0.2) is 0 Å². The van der Waals surface area contributed by atoms with Crippen molar-refractivity contribution >= 4 is 10.8 Å². The normalized spacial score (nSPS) is 10.6. The number of ether oxygens (including phenoxy) is 1. The first-order valence-corrected chi connectivity index (χ1v) is 6.41. The summed E-state index contributed by atoms with van der Waals surface area (Å²) in [4.78, 5) is 0. The minimum atomic E-state index is 0.899. The van der Waals surface area contributed by atoms with Crippen molar-refractivity contribution in [1.82, 2.24) is 0 Å². The lowest BCUT2D eigenvalue weighted by atomic mass is 10.0. The van der Waals surface area contributed by atoms with Crippen molar-refractivity contribution < 1.29 is 4.74 Å². The zero-order valence-electron chi connectivity index (χ0n) is 11.2. The van der Waals surface area contributed by atoms with Gasteiger partial charge in [-0.1, -0.05) is 48.0 Å². The molecule has 0 saturated heterocycles. The van der Waals surface area contributed by atoms with Gasteiger partial charge < -0.3 is 4.74 Å². The van der Waals surface area contributed by atoms with Gasteiger partial charge in [0.05, 0.1) is 7.11 Å². The fourth-order valence-corrected chi connectivity index (χ4v) is 2.28. The summed E-state index contributed by atoms with van der Waals surface area (Å²) in [5.41, 5.74) is 3.79. The van der Waals surface area contributed by atoms with E-state index in [0.717, 1.165) is 5.75 Å². The Morgan fingerprint density at radius 3 is 2.05 bits per heavy atom. The van der Waals surface area contributed by atoms with Crippen molar-refractivity contribution in [3.63, 3.8) is 0 Å². The highest BCUT2D eigenvalue weighted by Gasteiger charge is 2.01. The van der Waals surface area contributed by atoms with E-state index in [9.17, 15) is 0 Å². The quantitative estimate of drug-likeness (QED) is 0.631. The molecule has 19 heavy (non-hydrogen) atoms. The minimum absolute atomic E-state index is 0.899. The van der Waals surface area contributed by atoms with Crippen LogP contribution < -0.4 is 4.74 Å². The third-order valence-electron chi connectivity index (χ3n) is 3.43. The average Bonchev–Trinajstić information content (AvgIpc) is 2.47. The summed E-state index contributed by atoms with van der Waals surface area (Å²) in [5.74, 6) is 0.899. The number of hydrogen-bond acceptors (Lipinski definition) is 1. The van der Waals surface area contributed by atoms with E-state index in [-0.39, 0.29) is 0 Å². The molecule has 0 aliphatic rings. The number of hydrogen-bond donors (Lipinski definition) is 0. The number of fused-ring (bicyclic) bond motifs is 1. The summed E-state index contributed by atoms with van der Waals surface area (Å²) >= 11 is 0. The van der Waals surface area contributed by atoms with Crippen molar-refractivity contribution in [3.05, 3.63) is 66.2 Å². The predicted octanol–water partition coefficient (Wildman–Crippen LogP) is 4.82. The number of benzene rings is 3. The Balaban J connectivity index is 2.08. The maximum absolute atomic E-state index is 5.25. The molecule has 0 saturated carbocycles. The second kappa shape index (κ2) is 4.77. The van der Waals surface area contributed by atoms with E-state index < -0.39 is 0 Å². The van der Waals surface area contributed by atoms with Gasteiger partial charge in [-0.05, 0) is 47.0 Å². The van der Waals surface area contributed by atoms with Gasteiger partial charge in [-0.15, -0.1) is 0 Å². The largest absolute Gasteiger partial charge is 0.497 e. The second-order valence-corrected chi connectivity index (χ2v) is 4.79. The van der Waals surface area contributed by atoms with Crippen LogP contribution in [0.1, 0.15) is 5.56 Å². The average molecular weight is 248 g/mol. The van der Waals surface area contributed by atoms with Gasteiger partial charge in [-0.25, -0.2) is 0 Å². The number of rotatable bonds is 2. The fourth-order valence-electron chi connectivity index (χ4n) is 2.28. The van der Waals surface area contributed by atoms with Gasteiger partial charge in [-0.3, -0.25) is 0 Å². The molecule has 0 radical (unpaired) electrons. The Hall–Kier alpha value is -2.28. The Morgan fingerprint density at radius 1 is 0.684 bits per heavy atom. The molecule has 0 aliphatic heterocycles. The Bertz CT molecular complexity index is 711. The molecule has 0 fully saturated rings. The summed E-state index contributed by atoms with van der Waals surface area (Å²) < 4.78 is 5.25. The SMILES string of the molecule is COc1ccc2cc(-c3ccc(C)cc3)ccc2c1. The van der Waals surface area contributed by atoms with E-state index in [0.29, 0.717) is 0 Å². The lowest BCUT2D eigenvalue weighted by molar-refractivity contribution is 0.415. The van der Waals surface area contributed by atoms with Crippen LogP contribution in [0.25, 0.3) is 21.9 Å². The summed E-state index contributed by atoms with van der Waals surface area (Å²) in [5, 5.41) is 2.44. The molecule has 3 aromatic carbocycles. The summed E-state index contributed by atoms with van der Waals surface area (Å²) in [6, 6.07) is 21.3. The van der Waals surface area contributed by atoms with Crippen LogP contribution in [0.4, 0.5) is 0 Å². The molecule has 0 amide bonds. The monoisotopic (exact) mass is 248 g/mol. The smallest absolute Gasteiger partial charge is 0.119 e. The first kappa shape index (κ1) is 11.8. The molecule has 1 nitrogen and oxygen atoms in total. The van der Waals surface area contributed by atoms with Crippen molar-refractivity contribution in [2.45, 2.75) is 6.92 Å². The van der Waals surface area contributed by atoms with E-state index in [4.69, 9.17) is 4.74 Å². The zero-order valence-corrected chi connectivity index (χ0v) is 11.2. The third-order valence-corrected chi connectivity index (χ3v) is 3.43. The molecule has 1 heteroatoms. The lowest BCUT2D eigenvalue weighted by Gasteiger charge is -2.06. The van der Waals surface area contributed by atoms with Gasteiger partial charge >= 0.3 is 0 Å². The molecule has 0 aromatic heterocycles. The fraction of sp³-hybridized carbons (Fsp3) is 0.111. The highest BCUT2D eigenvalue weighted by Crippen LogP contribution is 2.27. The van der Waals surface area contributed by atoms with Crippen molar-refractivity contribution in [2.24, 2.45) is 0 Å². The molecular formula is C18H16O. The highest BCUT2D eigenvalue weighted by atomic mass is 16.5. The Morgan fingerprint density at radius 2 is 1.32 bits per heavy atom. The van der Waals surface area contributed by atoms with E-state index in [1.807, 2.05) is 6.07 Å². The maximum atomic E-state index is 5.25. The topological polar surface area (TPSA) is 9.23 Å². The van der Waals surface area contributed by atoms with Gasteiger partial charge in [0.1, 0.15) is 5.75 Å². The molecule has 3 rings (SSSR count). The van der Waals surface area contributed by atoms with Crippen molar-refractivity contribution in [1.29, 1.82) is 0 Å². The van der Waals surface area contributed by atoms with Crippen molar-refractivity contribution in [2.75, 3.05) is 7.11 Å². The van der Waals surface area contributed by atoms with E-state index in [1.165, 1.54) is 27.5 Å². The third kappa shape index (κ3) is 2.32. The van der Waals surface area contributed by atoms with Crippen LogP contribution in [0.2, 0.25) is 0 Å². The molecule has 94 valence electrons. The van der Waals surface area contributed by atoms with E-state index >= 15 is 0 Å². The van der Waals surface area contributed by atoms with Crippen LogP contribution in [0, 0.1) is 6.92 Å². The molecule has 0 N–H and O–H groups in total. The van der Waals surface area contributed by atoms with Crippen LogP contribution in [0.3, 0.4) is 0 Å². The zero-order chi connectivity index (χ0) is 13.2. The minimum Gasteiger partial charge on any atom is -0.497 e. The molecule has 3 aromatic rings. The van der Waals surface area contributed by atoms with Gasteiger partial charge in [0.2, 0.25) is 0 Å². The lowest BCUT2D eigenvalue weighted by Crippen LogP contribution is -1.83. The van der Waals surface area contributed by atoms with Crippen LogP contribution in [0.5, 0.6) is 5.75 Å². The Kier molecular flexibility index (Phi) is 2.96. The molecule has 0 bridgehead atoms. The first-order chi connectivity index (χ1) is 9.26. The highest BCUT2D eigenvalue weighted by molar-refractivity contribution is 5.88. The Labute approximate surface area is 113 Å². The van der Waals surface area contributed by atoms with E-state index in [1.54, 1.807) is 7.11 Å². The first-order valence-electron chi connectivity index (χ1n) is 6.41. The molecular weight excluding hydrogens is 232 g/mol. The van der Waals surface area contributed by atoms with Crippen molar-refractivity contribution in [3.8, 4) is 16.9 Å². The van der Waals surface area contributed by atoms with Gasteiger partial charge in [0.25, 0.3) is 0 Å². The predicted molar refractivity (Wildman–Crippen MR) is 80.7 cm³/mol. The summed E-state index contributed by atoms with van der Waals surface area (Å²) in [6.07, 6.45) is 0. The summed E-state index contributed by atoms with van der Waals surface area (Å²) in [7, 11) is 1.70. The second-order valence-electron chi connectivity index (χ2n) is 4.79. The van der Waals surface area contributed by atoms with Gasteiger partial charge in [-0.2, -0.15) is 0 Å². The molecule has 0 atom stereocenters. The van der Waals surface area contributed by atoms with Crippen LogP contribution in [-0.4, -0.2) is 7.11 Å². The summed E-state index contributed by atoms with van der Waals surface area (Å²) in [6.45, 7) is 2.11. The number of aryl methyl sites for hydroxylation is 1. The van der Waals surface area contributed by atoms with Crippen LogP contribution >= 0.6 is 0 Å². The van der Waals surface area contributed by atoms with Gasteiger partial charge in [0, 0.05) is 0 Å². The molecule has 0 spiro atoms. The van der Waals surface area contributed by atoms with E-state index in [2.05, 4.69) is 61.5 Å². The molecule has 0 heterocycles. The van der Waals surface area contributed by atoms with Crippen LogP contribution in [-0.2, 0) is 0 Å². The molecule has 0 unspecified atom stereocenters. The van der Waals surface area contributed by atoms with Crippen LogP contribution in [0.15, 0.2) is 60.7 Å². The standard InChI is InChI=1S/C18H16O/c1-13-3-5-14(6-4-13)15-7-8-17-12-18(19-2)10-9-16(17)11-15/h3-12H,1-2H3. The maximum Gasteiger partial charge on any atom is 0.119 e. The molecule has 0 aliphatic carbocycles.